The first-order valence-corrected chi connectivity index (χ1v) is 9.98. The lowest BCUT2D eigenvalue weighted by atomic mass is 9.85. The van der Waals surface area contributed by atoms with Gasteiger partial charge in [-0.1, -0.05) is 38.1 Å². The van der Waals surface area contributed by atoms with Crippen LogP contribution in [-0.2, 0) is 14.3 Å². The third-order valence-corrected chi connectivity index (χ3v) is 5.69. The van der Waals surface area contributed by atoms with Crippen molar-refractivity contribution in [2.75, 3.05) is 18.5 Å². The van der Waals surface area contributed by atoms with Gasteiger partial charge in [-0.05, 0) is 41.7 Å². The molecular formula is C23H27NO4. The Morgan fingerprint density at radius 3 is 2.64 bits per heavy atom. The fourth-order valence-electron chi connectivity index (χ4n) is 4.00. The first kappa shape index (κ1) is 19.0. The molecule has 4 unspecified atom stereocenters. The van der Waals surface area contributed by atoms with Crippen LogP contribution in [0.2, 0.25) is 0 Å². The maximum Gasteiger partial charge on any atom is 0.308 e. The lowest BCUT2D eigenvalue weighted by molar-refractivity contribution is -0.151. The molecule has 4 rings (SSSR count). The molecule has 5 nitrogen and oxygen atoms in total. The van der Waals surface area contributed by atoms with Gasteiger partial charge in [-0.25, -0.2) is 0 Å². The topological polar surface area (TPSA) is 56.8 Å². The van der Waals surface area contributed by atoms with Gasteiger partial charge in [0, 0.05) is 18.2 Å². The maximum atomic E-state index is 11.2. The van der Waals surface area contributed by atoms with Gasteiger partial charge in [0.1, 0.15) is 18.0 Å². The van der Waals surface area contributed by atoms with Crippen molar-refractivity contribution in [1.29, 1.82) is 0 Å². The highest BCUT2D eigenvalue weighted by atomic mass is 16.6. The van der Waals surface area contributed by atoms with Gasteiger partial charge in [0.15, 0.2) is 0 Å². The summed E-state index contributed by atoms with van der Waals surface area (Å²) >= 11 is 0. The van der Waals surface area contributed by atoms with E-state index in [1.165, 1.54) is 18.1 Å². The van der Waals surface area contributed by atoms with E-state index in [1.54, 1.807) is 0 Å². The van der Waals surface area contributed by atoms with E-state index >= 15 is 0 Å². The molecule has 4 atom stereocenters. The number of hydrogen-bond acceptors (Lipinski definition) is 5. The number of ether oxygens (including phenoxy) is 3. The van der Waals surface area contributed by atoms with Crippen LogP contribution < -0.4 is 10.1 Å². The van der Waals surface area contributed by atoms with Crippen LogP contribution in [0.15, 0.2) is 42.5 Å². The fourth-order valence-corrected chi connectivity index (χ4v) is 4.00. The van der Waals surface area contributed by atoms with Crippen molar-refractivity contribution in [3.8, 4) is 5.75 Å². The van der Waals surface area contributed by atoms with Gasteiger partial charge in [-0.2, -0.15) is 0 Å². The number of esters is 1. The minimum atomic E-state index is -0.321. The van der Waals surface area contributed by atoms with Crippen LogP contribution in [0.3, 0.4) is 0 Å². The van der Waals surface area contributed by atoms with Gasteiger partial charge in [0.05, 0.1) is 19.3 Å². The lowest BCUT2D eigenvalue weighted by Crippen LogP contribution is -2.43. The van der Waals surface area contributed by atoms with Gasteiger partial charge in [0.25, 0.3) is 0 Å². The molecule has 2 aliphatic rings. The van der Waals surface area contributed by atoms with E-state index in [0.29, 0.717) is 24.9 Å². The third kappa shape index (κ3) is 3.64. The van der Waals surface area contributed by atoms with Crippen LogP contribution in [0.5, 0.6) is 5.75 Å². The molecule has 0 amide bonds. The molecule has 0 bridgehead atoms. The quantitative estimate of drug-likeness (QED) is 0.612. The SMILES string of the molecule is CCC(C)c1ccc2c(c1)C1OCCOC1C(c1ccc(OC(C)=O)cc1)N2. The van der Waals surface area contributed by atoms with Crippen molar-refractivity contribution in [2.45, 2.75) is 51.4 Å². The third-order valence-electron chi connectivity index (χ3n) is 5.69. The Balaban J connectivity index is 1.66. The second-order valence-electron chi connectivity index (χ2n) is 7.57. The molecule has 2 aromatic rings. The van der Waals surface area contributed by atoms with Crippen molar-refractivity contribution in [2.24, 2.45) is 0 Å². The monoisotopic (exact) mass is 381 g/mol. The van der Waals surface area contributed by atoms with E-state index in [4.69, 9.17) is 14.2 Å². The number of rotatable bonds is 4. The van der Waals surface area contributed by atoms with Crippen molar-refractivity contribution < 1.29 is 19.0 Å². The zero-order chi connectivity index (χ0) is 19.7. The van der Waals surface area contributed by atoms with E-state index in [1.807, 2.05) is 24.3 Å². The summed E-state index contributed by atoms with van der Waals surface area (Å²) in [6.07, 6.45) is 0.912. The average molecular weight is 381 g/mol. The summed E-state index contributed by atoms with van der Waals surface area (Å²) in [6.45, 7) is 7.05. The summed E-state index contributed by atoms with van der Waals surface area (Å²) in [5.41, 5.74) is 4.68. The smallest absolute Gasteiger partial charge is 0.308 e. The highest BCUT2D eigenvalue weighted by Gasteiger charge is 2.41. The number of fused-ring (bicyclic) bond motifs is 3. The largest absolute Gasteiger partial charge is 0.427 e. The van der Waals surface area contributed by atoms with Crippen LogP contribution >= 0.6 is 0 Å². The molecular weight excluding hydrogens is 354 g/mol. The number of nitrogens with one attached hydrogen (secondary N) is 1. The fraction of sp³-hybridized carbons (Fsp3) is 0.435. The average Bonchev–Trinajstić information content (AvgIpc) is 2.72. The number of hydrogen-bond donors (Lipinski definition) is 1. The molecule has 0 aromatic heterocycles. The lowest BCUT2D eigenvalue weighted by Gasteiger charge is -2.43. The Morgan fingerprint density at radius 2 is 1.93 bits per heavy atom. The summed E-state index contributed by atoms with van der Waals surface area (Å²) in [4.78, 5) is 11.2. The Bertz CT molecular complexity index is 848. The first-order valence-electron chi connectivity index (χ1n) is 9.98. The molecule has 2 aromatic carbocycles. The second kappa shape index (κ2) is 7.94. The molecule has 1 saturated heterocycles. The molecule has 0 radical (unpaired) electrons. The minimum absolute atomic E-state index is 0.0290. The zero-order valence-corrected chi connectivity index (χ0v) is 16.6. The van der Waals surface area contributed by atoms with Crippen LogP contribution in [0.1, 0.15) is 61.9 Å². The summed E-state index contributed by atoms with van der Waals surface area (Å²) < 4.78 is 17.5. The van der Waals surface area contributed by atoms with Crippen LogP contribution in [-0.4, -0.2) is 25.3 Å². The summed E-state index contributed by atoms with van der Waals surface area (Å²) in [5.74, 6) is 0.737. The summed E-state index contributed by atoms with van der Waals surface area (Å²) in [7, 11) is 0. The number of carbonyl (C=O) groups excluding carboxylic acids is 1. The maximum absolute atomic E-state index is 11.2. The van der Waals surface area contributed by atoms with Gasteiger partial charge in [-0.3, -0.25) is 4.79 Å². The Hall–Kier alpha value is -2.37. The van der Waals surface area contributed by atoms with E-state index in [0.717, 1.165) is 17.7 Å². The molecule has 2 heterocycles. The van der Waals surface area contributed by atoms with E-state index in [2.05, 4.69) is 37.4 Å². The van der Waals surface area contributed by atoms with Crippen molar-refractivity contribution in [3.05, 3.63) is 59.2 Å². The van der Waals surface area contributed by atoms with Gasteiger partial charge < -0.3 is 19.5 Å². The summed E-state index contributed by atoms with van der Waals surface area (Å²) in [6, 6.07) is 14.2. The normalized spacial score (nSPS) is 24.5. The Kier molecular flexibility index (Phi) is 5.38. The van der Waals surface area contributed by atoms with Crippen molar-refractivity contribution >= 4 is 11.7 Å². The van der Waals surface area contributed by atoms with Gasteiger partial charge in [-0.15, -0.1) is 0 Å². The molecule has 5 heteroatoms. The predicted octanol–water partition coefficient (Wildman–Crippen LogP) is 4.75. The van der Waals surface area contributed by atoms with E-state index in [-0.39, 0.29) is 24.2 Å². The van der Waals surface area contributed by atoms with E-state index < -0.39 is 0 Å². The second-order valence-corrected chi connectivity index (χ2v) is 7.57. The number of anilines is 1. The molecule has 1 N–H and O–H groups in total. The van der Waals surface area contributed by atoms with Crippen LogP contribution in [0.25, 0.3) is 0 Å². The molecule has 0 aliphatic carbocycles. The highest BCUT2D eigenvalue weighted by Crippen LogP contribution is 2.45. The predicted molar refractivity (Wildman–Crippen MR) is 108 cm³/mol. The standard InChI is InChI=1S/C23H27NO4/c1-4-14(2)17-7-10-20-19(13-17)22-23(27-12-11-26-22)21(24-20)16-5-8-18(9-6-16)28-15(3)25/h5-10,13-14,21-24H,4,11-12H2,1-3H3. The first-order chi connectivity index (χ1) is 13.6. The van der Waals surface area contributed by atoms with Gasteiger partial charge in [0.2, 0.25) is 0 Å². The Labute approximate surface area is 166 Å². The van der Waals surface area contributed by atoms with Crippen molar-refractivity contribution in [1.82, 2.24) is 0 Å². The highest BCUT2D eigenvalue weighted by molar-refractivity contribution is 5.69. The number of carbonyl (C=O) groups is 1. The summed E-state index contributed by atoms with van der Waals surface area (Å²) in [5, 5.41) is 3.64. The zero-order valence-electron chi connectivity index (χ0n) is 16.6. The number of benzene rings is 2. The molecule has 0 saturated carbocycles. The van der Waals surface area contributed by atoms with Crippen molar-refractivity contribution in [3.63, 3.8) is 0 Å². The van der Waals surface area contributed by atoms with Crippen LogP contribution in [0.4, 0.5) is 5.69 Å². The molecule has 1 fully saturated rings. The molecule has 148 valence electrons. The molecule has 2 aliphatic heterocycles. The molecule has 0 spiro atoms. The Morgan fingerprint density at radius 1 is 1.18 bits per heavy atom. The van der Waals surface area contributed by atoms with Crippen LogP contribution in [0, 0.1) is 0 Å². The molecule has 28 heavy (non-hydrogen) atoms. The van der Waals surface area contributed by atoms with E-state index in [9.17, 15) is 4.79 Å². The van der Waals surface area contributed by atoms with Gasteiger partial charge >= 0.3 is 5.97 Å². The minimum Gasteiger partial charge on any atom is -0.427 e.